The largest absolute Gasteiger partial charge is 0.326 e. The van der Waals surface area contributed by atoms with E-state index in [1.807, 2.05) is 32.0 Å². The van der Waals surface area contributed by atoms with E-state index in [-0.39, 0.29) is 42.5 Å². The van der Waals surface area contributed by atoms with Crippen molar-refractivity contribution in [3.8, 4) is 0 Å². The third-order valence-corrected chi connectivity index (χ3v) is 6.46. The van der Waals surface area contributed by atoms with E-state index in [0.717, 1.165) is 36.1 Å². The number of amides is 3. The van der Waals surface area contributed by atoms with E-state index < -0.39 is 0 Å². The molecule has 2 bridgehead atoms. The van der Waals surface area contributed by atoms with Crippen LogP contribution in [0, 0.1) is 37.5 Å². The second-order valence-corrected chi connectivity index (χ2v) is 7.76. The maximum absolute atomic E-state index is 12.6. The number of imide groups is 1. The summed E-state index contributed by atoms with van der Waals surface area (Å²) in [6.07, 6.45) is 3.34. The van der Waals surface area contributed by atoms with Gasteiger partial charge in [0.2, 0.25) is 17.7 Å². The molecule has 2 saturated carbocycles. The Hall–Kier alpha value is -2.17. The van der Waals surface area contributed by atoms with Gasteiger partial charge in [-0.1, -0.05) is 12.1 Å². The molecule has 5 nitrogen and oxygen atoms in total. The maximum atomic E-state index is 12.6. The lowest BCUT2D eigenvalue weighted by atomic mass is 9.81. The van der Waals surface area contributed by atoms with Crippen LogP contribution in [-0.4, -0.2) is 29.2 Å². The lowest BCUT2D eigenvalue weighted by molar-refractivity contribution is -0.140. The zero-order valence-corrected chi connectivity index (χ0v) is 14.7. The number of aryl methyl sites for hydroxylation is 1. The molecule has 0 radical (unpaired) electrons. The van der Waals surface area contributed by atoms with Crippen molar-refractivity contribution in [1.82, 2.24) is 4.90 Å². The van der Waals surface area contributed by atoms with Gasteiger partial charge in [-0.25, -0.2) is 0 Å². The molecule has 132 valence electrons. The van der Waals surface area contributed by atoms with E-state index in [1.54, 1.807) is 0 Å². The van der Waals surface area contributed by atoms with Crippen LogP contribution in [0.1, 0.15) is 36.8 Å². The predicted octanol–water partition coefficient (Wildman–Crippen LogP) is 2.66. The molecule has 3 aliphatic rings. The fraction of sp³-hybridized carbons (Fsp3) is 0.550. The minimum atomic E-state index is -0.158. The number of anilines is 1. The third kappa shape index (κ3) is 2.57. The molecule has 2 aliphatic carbocycles. The topological polar surface area (TPSA) is 66.5 Å². The zero-order valence-electron chi connectivity index (χ0n) is 14.7. The second kappa shape index (κ2) is 5.97. The average molecular weight is 340 g/mol. The number of hydrogen-bond acceptors (Lipinski definition) is 3. The van der Waals surface area contributed by atoms with E-state index in [0.29, 0.717) is 11.8 Å². The first-order valence-electron chi connectivity index (χ1n) is 9.18. The minimum absolute atomic E-state index is 0.0401. The molecule has 3 amide bonds. The zero-order chi connectivity index (χ0) is 17.7. The number of hydrogen-bond donors (Lipinski definition) is 1. The molecule has 1 N–H and O–H groups in total. The summed E-state index contributed by atoms with van der Waals surface area (Å²) < 4.78 is 0. The molecule has 5 heteroatoms. The molecule has 1 saturated heterocycles. The molecular formula is C20H24N2O3. The first-order chi connectivity index (χ1) is 12.0. The van der Waals surface area contributed by atoms with Crippen molar-refractivity contribution in [2.75, 3.05) is 11.9 Å². The fourth-order valence-corrected chi connectivity index (χ4v) is 5.00. The van der Waals surface area contributed by atoms with Gasteiger partial charge in [0, 0.05) is 18.7 Å². The fourth-order valence-electron chi connectivity index (χ4n) is 5.00. The van der Waals surface area contributed by atoms with Crippen LogP contribution in [0.5, 0.6) is 0 Å². The van der Waals surface area contributed by atoms with Crippen LogP contribution in [0.2, 0.25) is 0 Å². The van der Waals surface area contributed by atoms with Gasteiger partial charge in [-0.2, -0.15) is 0 Å². The average Bonchev–Trinajstić information content (AvgIpc) is 3.25. The Bertz CT molecular complexity index is 729. The summed E-state index contributed by atoms with van der Waals surface area (Å²) in [7, 11) is 0. The second-order valence-electron chi connectivity index (χ2n) is 7.76. The molecule has 1 aromatic carbocycles. The van der Waals surface area contributed by atoms with Gasteiger partial charge in [-0.15, -0.1) is 0 Å². The van der Waals surface area contributed by atoms with Crippen molar-refractivity contribution in [3.63, 3.8) is 0 Å². The predicted molar refractivity (Wildman–Crippen MR) is 93.7 cm³/mol. The Labute approximate surface area is 147 Å². The van der Waals surface area contributed by atoms with Crippen LogP contribution in [0.25, 0.3) is 0 Å². The van der Waals surface area contributed by atoms with Crippen LogP contribution >= 0.6 is 0 Å². The highest BCUT2D eigenvalue weighted by Gasteiger charge is 2.60. The van der Waals surface area contributed by atoms with Gasteiger partial charge in [-0.3, -0.25) is 19.3 Å². The number of nitrogens with zero attached hydrogens (tertiary/aromatic N) is 1. The SMILES string of the molecule is Cc1cccc(NC(=O)CCN2C(=O)[C@@H]3[C@H]4CC[C@@H](C4)[C@H]3C2=O)c1C. The first-order valence-corrected chi connectivity index (χ1v) is 9.18. The lowest BCUT2D eigenvalue weighted by Gasteiger charge is -2.19. The Morgan fingerprint density at radius 1 is 1.12 bits per heavy atom. The molecule has 3 fully saturated rings. The highest BCUT2D eigenvalue weighted by atomic mass is 16.2. The minimum Gasteiger partial charge on any atom is -0.326 e. The monoisotopic (exact) mass is 340 g/mol. The van der Waals surface area contributed by atoms with Gasteiger partial charge in [0.15, 0.2) is 0 Å². The molecule has 1 aromatic rings. The normalized spacial score (nSPS) is 30.1. The van der Waals surface area contributed by atoms with E-state index in [9.17, 15) is 14.4 Å². The van der Waals surface area contributed by atoms with Gasteiger partial charge >= 0.3 is 0 Å². The van der Waals surface area contributed by atoms with Crippen LogP contribution in [0.4, 0.5) is 5.69 Å². The summed E-state index contributed by atoms with van der Waals surface area (Å²) in [5.74, 6) is 0.333. The number of likely N-dealkylation sites (tertiary alicyclic amines) is 1. The number of carbonyl (C=O) groups is 3. The summed E-state index contributed by atoms with van der Waals surface area (Å²) in [5.41, 5.74) is 2.94. The van der Waals surface area contributed by atoms with Crippen molar-refractivity contribution in [1.29, 1.82) is 0 Å². The highest BCUT2D eigenvalue weighted by molar-refractivity contribution is 6.06. The summed E-state index contributed by atoms with van der Waals surface area (Å²) in [6, 6.07) is 5.77. The van der Waals surface area contributed by atoms with E-state index in [1.165, 1.54) is 4.90 Å². The van der Waals surface area contributed by atoms with E-state index >= 15 is 0 Å². The van der Waals surface area contributed by atoms with Crippen molar-refractivity contribution < 1.29 is 14.4 Å². The molecule has 1 aliphatic heterocycles. The van der Waals surface area contributed by atoms with Gasteiger partial charge in [0.05, 0.1) is 11.8 Å². The smallest absolute Gasteiger partial charge is 0.233 e. The molecule has 0 aromatic heterocycles. The number of carbonyl (C=O) groups excluding carboxylic acids is 3. The third-order valence-electron chi connectivity index (χ3n) is 6.46. The summed E-state index contributed by atoms with van der Waals surface area (Å²) >= 11 is 0. The van der Waals surface area contributed by atoms with Crippen LogP contribution < -0.4 is 5.32 Å². The molecule has 4 atom stereocenters. The first kappa shape index (κ1) is 16.3. The molecule has 4 rings (SSSR count). The Morgan fingerprint density at radius 2 is 1.76 bits per heavy atom. The Kier molecular flexibility index (Phi) is 3.89. The Balaban J connectivity index is 1.38. The van der Waals surface area contributed by atoms with Crippen LogP contribution in [-0.2, 0) is 14.4 Å². The number of rotatable bonds is 4. The lowest BCUT2D eigenvalue weighted by Crippen LogP contribution is -2.35. The van der Waals surface area contributed by atoms with Crippen LogP contribution in [0.3, 0.4) is 0 Å². The molecule has 0 unspecified atom stereocenters. The molecule has 1 heterocycles. The molecular weight excluding hydrogens is 316 g/mol. The Morgan fingerprint density at radius 3 is 2.40 bits per heavy atom. The van der Waals surface area contributed by atoms with Gasteiger partial charge in [0.25, 0.3) is 0 Å². The van der Waals surface area contributed by atoms with Gasteiger partial charge in [0.1, 0.15) is 0 Å². The van der Waals surface area contributed by atoms with E-state index in [2.05, 4.69) is 5.32 Å². The number of fused-ring (bicyclic) bond motifs is 5. The number of benzene rings is 1. The summed E-state index contributed by atoms with van der Waals surface area (Å²) in [4.78, 5) is 38.9. The van der Waals surface area contributed by atoms with Crippen molar-refractivity contribution in [2.24, 2.45) is 23.7 Å². The highest BCUT2D eigenvalue weighted by Crippen LogP contribution is 2.56. The van der Waals surface area contributed by atoms with E-state index in [4.69, 9.17) is 0 Å². The molecule has 0 spiro atoms. The summed E-state index contributed by atoms with van der Waals surface area (Å²) in [6.45, 7) is 4.16. The van der Waals surface area contributed by atoms with Gasteiger partial charge < -0.3 is 5.32 Å². The summed E-state index contributed by atoms with van der Waals surface area (Å²) in [5, 5.41) is 2.90. The van der Waals surface area contributed by atoms with Gasteiger partial charge in [-0.05, 0) is 62.1 Å². The van der Waals surface area contributed by atoms with Crippen molar-refractivity contribution >= 4 is 23.4 Å². The molecule has 25 heavy (non-hydrogen) atoms. The van der Waals surface area contributed by atoms with Crippen molar-refractivity contribution in [3.05, 3.63) is 29.3 Å². The van der Waals surface area contributed by atoms with Crippen molar-refractivity contribution in [2.45, 2.75) is 39.5 Å². The standard InChI is InChI=1S/C20H24N2O3/c1-11-4-3-5-15(12(11)2)21-16(23)8-9-22-19(24)17-13-6-7-14(10-13)18(17)20(22)25/h3-5,13-14,17-18H,6-10H2,1-2H3,(H,21,23)/t13-,14-,17+,18+/m0/s1. The number of nitrogens with one attached hydrogen (secondary N) is 1. The quantitative estimate of drug-likeness (QED) is 0.857. The van der Waals surface area contributed by atoms with Crippen LogP contribution in [0.15, 0.2) is 18.2 Å². The maximum Gasteiger partial charge on any atom is 0.233 e.